The molecule has 37 heavy (non-hydrogen) atoms. The van der Waals surface area contributed by atoms with Crippen molar-refractivity contribution in [3.05, 3.63) is 45.8 Å². The summed E-state index contributed by atoms with van der Waals surface area (Å²) >= 11 is 1.47. The maximum Gasteiger partial charge on any atom is 0.257 e. The molecule has 200 valence electrons. The number of hydrogen-bond donors (Lipinski definition) is 1. The number of morpholine rings is 1. The van der Waals surface area contributed by atoms with Crippen molar-refractivity contribution in [2.45, 2.75) is 44.0 Å². The van der Waals surface area contributed by atoms with E-state index < -0.39 is 10.0 Å². The first-order chi connectivity index (χ1) is 17.9. The zero-order valence-electron chi connectivity index (χ0n) is 21.2. The van der Waals surface area contributed by atoms with Crippen LogP contribution in [0.5, 0.6) is 0 Å². The SMILES string of the molecule is CCN1CCc2c(sc(NC(=O)c3ccc(S(=O)(=O)N4CCCCC4)cc3)c2C(=O)N2CCOCC2)C1. The molecule has 0 radical (unpaired) electrons. The number of sulfonamides is 1. The number of benzene rings is 1. The van der Waals surface area contributed by atoms with E-state index in [2.05, 4.69) is 17.1 Å². The number of amides is 2. The second-order valence-electron chi connectivity index (χ2n) is 9.67. The lowest BCUT2D eigenvalue weighted by Gasteiger charge is -2.29. The van der Waals surface area contributed by atoms with Crippen LogP contribution >= 0.6 is 11.3 Å². The van der Waals surface area contributed by atoms with Crippen molar-refractivity contribution in [1.29, 1.82) is 0 Å². The Balaban J connectivity index is 1.38. The Labute approximate surface area is 222 Å². The van der Waals surface area contributed by atoms with Crippen LogP contribution in [0.3, 0.4) is 0 Å². The molecule has 3 aliphatic rings. The summed E-state index contributed by atoms with van der Waals surface area (Å²) in [5.74, 6) is -0.423. The summed E-state index contributed by atoms with van der Waals surface area (Å²) in [5, 5.41) is 3.55. The van der Waals surface area contributed by atoms with E-state index in [1.165, 1.54) is 27.8 Å². The lowest BCUT2D eigenvalue weighted by atomic mass is 10.0. The lowest BCUT2D eigenvalue weighted by Crippen LogP contribution is -2.41. The molecule has 0 spiro atoms. The number of carbonyl (C=O) groups excluding carboxylic acids is 2. The molecule has 0 unspecified atom stereocenters. The minimum Gasteiger partial charge on any atom is -0.378 e. The molecule has 2 saturated heterocycles. The summed E-state index contributed by atoms with van der Waals surface area (Å²) < 4.78 is 32.9. The third-order valence-corrected chi connectivity index (χ3v) is 10.4. The lowest BCUT2D eigenvalue weighted by molar-refractivity contribution is 0.0303. The van der Waals surface area contributed by atoms with E-state index >= 15 is 0 Å². The highest BCUT2D eigenvalue weighted by Gasteiger charge is 2.32. The third-order valence-electron chi connectivity index (χ3n) is 7.39. The van der Waals surface area contributed by atoms with E-state index in [1.54, 1.807) is 17.0 Å². The van der Waals surface area contributed by atoms with Gasteiger partial charge in [0.1, 0.15) is 5.00 Å². The normalized spacial score (nSPS) is 19.4. The van der Waals surface area contributed by atoms with Gasteiger partial charge < -0.3 is 15.0 Å². The molecular formula is C26H34N4O5S2. The van der Waals surface area contributed by atoms with Crippen LogP contribution in [0.1, 0.15) is 57.3 Å². The van der Waals surface area contributed by atoms with Crippen molar-refractivity contribution in [3.8, 4) is 0 Å². The summed E-state index contributed by atoms with van der Waals surface area (Å²) in [7, 11) is -3.57. The van der Waals surface area contributed by atoms with Gasteiger partial charge in [-0.3, -0.25) is 14.5 Å². The smallest absolute Gasteiger partial charge is 0.257 e. The maximum atomic E-state index is 13.6. The molecule has 0 atom stereocenters. The van der Waals surface area contributed by atoms with Crippen molar-refractivity contribution in [2.24, 2.45) is 0 Å². The molecule has 3 aliphatic heterocycles. The highest BCUT2D eigenvalue weighted by atomic mass is 32.2. The molecule has 9 nitrogen and oxygen atoms in total. The Bertz CT molecular complexity index is 1250. The molecule has 0 aliphatic carbocycles. The number of hydrogen-bond acceptors (Lipinski definition) is 7. The number of piperidine rings is 1. The van der Waals surface area contributed by atoms with Gasteiger partial charge in [0.2, 0.25) is 10.0 Å². The zero-order chi connectivity index (χ0) is 26.0. The van der Waals surface area contributed by atoms with E-state index in [0.717, 1.165) is 55.8 Å². The van der Waals surface area contributed by atoms with Gasteiger partial charge in [0.15, 0.2) is 0 Å². The van der Waals surface area contributed by atoms with Gasteiger partial charge in [0.25, 0.3) is 11.8 Å². The molecule has 2 aromatic rings. The first kappa shape index (κ1) is 26.3. The predicted molar refractivity (Wildman–Crippen MR) is 143 cm³/mol. The number of likely N-dealkylation sites (N-methyl/N-ethyl adjacent to an activating group) is 1. The number of nitrogens with zero attached hydrogens (tertiary/aromatic N) is 3. The molecule has 0 saturated carbocycles. The van der Waals surface area contributed by atoms with Crippen molar-refractivity contribution >= 4 is 38.2 Å². The van der Waals surface area contributed by atoms with Crippen LogP contribution in [0.2, 0.25) is 0 Å². The number of thiophene rings is 1. The van der Waals surface area contributed by atoms with E-state index in [-0.39, 0.29) is 16.7 Å². The quantitative estimate of drug-likeness (QED) is 0.598. The van der Waals surface area contributed by atoms with Crippen molar-refractivity contribution in [2.75, 3.05) is 57.8 Å². The van der Waals surface area contributed by atoms with Crippen molar-refractivity contribution in [3.63, 3.8) is 0 Å². The minimum absolute atomic E-state index is 0.0657. The fraction of sp³-hybridized carbons (Fsp3) is 0.538. The van der Waals surface area contributed by atoms with Gasteiger partial charge in [-0.05, 0) is 55.6 Å². The molecule has 11 heteroatoms. The Morgan fingerprint density at radius 2 is 1.70 bits per heavy atom. The topological polar surface area (TPSA) is 99.3 Å². The van der Waals surface area contributed by atoms with Crippen LogP contribution in [0.15, 0.2) is 29.2 Å². The van der Waals surface area contributed by atoms with Gasteiger partial charge in [0.05, 0.1) is 23.7 Å². The van der Waals surface area contributed by atoms with E-state index in [9.17, 15) is 18.0 Å². The van der Waals surface area contributed by atoms with Crippen LogP contribution in [-0.2, 0) is 27.7 Å². The molecule has 1 aromatic heterocycles. The van der Waals surface area contributed by atoms with Gasteiger partial charge in [-0.1, -0.05) is 13.3 Å². The largest absolute Gasteiger partial charge is 0.378 e. The van der Waals surface area contributed by atoms with Crippen LogP contribution in [-0.4, -0.2) is 86.8 Å². The summed E-state index contributed by atoms with van der Waals surface area (Å²) in [6.45, 7) is 7.84. The average molecular weight is 547 g/mol. The van der Waals surface area contributed by atoms with Crippen LogP contribution in [0.25, 0.3) is 0 Å². The molecule has 0 bridgehead atoms. The first-order valence-electron chi connectivity index (χ1n) is 13.0. The minimum atomic E-state index is -3.57. The van der Waals surface area contributed by atoms with Crippen molar-refractivity contribution < 1.29 is 22.7 Å². The third kappa shape index (κ3) is 5.46. The number of fused-ring (bicyclic) bond motifs is 1. The van der Waals surface area contributed by atoms with Gasteiger partial charge in [0, 0.05) is 49.7 Å². The van der Waals surface area contributed by atoms with Gasteiger partial charge in [-0.2, -0.15) is 4.31 Å². The molecule has 5 rings (SSSR count). The van der Waals surface area contributed by atoms with Crippen LogP contribution in [0, 0.1) is 0 Å². The van der Waals surface area contributed by atoms with Gasteiger partial charge in [-0.15, -0.1) is 11.3 Å². The molecule has 2 amide bonds. The second-order valence-corrected chi connectivity index (χ2v) is 12.7. The van der Waals surface area contributed by atoms with Crippen LogP contribution < -0.4 is 5.32 Å². The second kappa shape index (κ2) is 11.2. The standard InChI is InChI=1S/C26H34N4O5S2/c1-2-28-13-10-21-22(18-28)36-25(23(21)26(32)29-14-16-35-17-15-29)27-24(31)19-6-8-20(9-7-19)37(33,34)30-11-4-3-5-12-30/h6-9H,2-5,10-18H2,1H3,(H,27,31). The molecule has 4 heterocycles. The number of anilines is 1. The number of nitrogens with one attached hydrogen (secondary N) is 1. The Morgan fingerprint density at radius 3 is 2.38 bits per heavy atom. The molecule has 2 fully saturated rings. The van der Waals surface area contributed by atoms with E-state index in [4.69, 9.17) is 4.74 Å². The Morgan fingerprint density at radius 1 is 1.00 bits per heavy atom. The summed E-state index contributed by atoms with van der Waals surface area (Å²) in [5.41, 5.74) is 1.98. The summed E-state index contributed by atoms with van der Waals surface area (Å²) in [6.07, 6.45) is 3.55. The number of rotatable bonds is 6. The number of ether oxygens (including phenoxy) is 1. The predicted octanol–water partition coefficient (Wildman–Crippen LogP) is 3.03. The fourth-order valence-corrected chi connectivity index (χ4v) is 7.97. The van der Waals surface area contributed by atoms with Crippen molar-refractivity contribution in [1.82, 2.24) is 14.1 Å². The Kier molecular flexibility index (Phi) is 7.96. The fourth-order valence-electron chi connectivity index (χ4n) is 5.17. The Hall–Kier alpha value is -2.31. The highest BCUT2D eigenvalue weighted by molar-refractivity contribution is 7.89. The van der Waals surface area contributed by atoms with Crippen LogP contribution in [0.4, 0.5) is 5.00 Å². The monoisotopic (exact) mass is 546 g/mol. The average Bonchev–Trinajstić information content (AvgIpc) is 3.30. The zero-order valence-corrected chi connectivity index (χ0v) is 22.8. The van der Waals surface area contributed by atoms with Gasteiger partial charge >= 0.3 is 0 Å². The number of carbonyl (C=O) groups is 2. The first-order valence-corrected chi connectivity index (χ1v) is 15.3. The molecule has 1 aromatic carbocycles. The molecular weight excluding hydrogens is 512 g/mol. The van der Waals surface area contributed by atoms with E-state index in [0.29, 0.717) is 55.5 Å². The highest BCUT2D eigenvalue weighted by Crippen LogP contribution is 2.38. The summed E-state index contributed by atoms with van der Waals surface area (Å²) in [6, 6.07) is 6.08. The molecule has 1 N–H and O–H groups in total. The van der Waals surface area contributed by atoms with Gasteiger partial charge in [-0.25, -0.2) is 8.42 Å². The summed E-state index contributed by atoms with van der Waals surface area (Å²) in [4.78, 5) is 32.2. The van der Waals surface area contributed by atoms with E-state index in [1.807, 2.05) is 0 Å². The maximum absolute atomic E-state index is 13.6.